The van der Waals surface area contributed by atoms with Gasteiger partial charge in [0.25, 0.3) is 11.8 Å². The summed E-state index contributed by atoms with van der Waals surface area (Å²) in [5.74, 6) is -2.32. The van der Waals surface area contributed by atoms with Crippen molar-refractivity contribution in [3.63, 3.8) is 0 Å². The number of nitrogens with one attached hydrogen (secondary N) is 2. The molecule has 0 atom stereocenters. The van der Waals surface area contributed by atoms with Crippen LogP contribution in [0.5, 0.6) is 0 Å². The van der Waals surface area contributed by atoms with Crippen molar-refractivity contribution in [3.05, 3.63) is 79.9 Å². The molecule has 1 aromatic heterocycles. The summed E-state index contributed by atoms with van der Waals surface area (Å²) >= 11 is 13.0. The van der Waals surface area contributed by atoms with Crippen LogP contribution in [0.3, 0.4) is 0 Å². The van der Waals surface area contributed by atoms with Crippen LogP contribution in [0.25, 0.3) is 0 Å². The van der Waals surface area contributed by atoms with Crippen molar-refractivity contribution in [2.24, 2.45) is 0 Å². The lowest BCUT2D eigenvalue weighted by Crippen LogP contribution is -2.14. The third-order valence-electron chi connectivity index (χ3n) is 4.28. The summed E-state index contributed by atoms with van der Waals surface area (Å²) in [5.41, 5.74) is 0.843. The minimum atomic E-state index is -0.719. The Morgan fingerprint density at radius 1 is 1.00 bits per heavy atom. The molecule has 160 valence electrons. The molecular formula is C21H15Cl2FN2O4S. The second-order valence-electron chi connectivity index (χ2n) is 6.27. The smallest absolute Gasteiger partial charge is 0.341 e. The number of thiophene rings is 1. The third-order valence-corrected chi connectivity index (χ3v) is 6.30. The fraction of sp³-hybridized carbons (Fsp3) is 0.0952. The number of halogens is 3. The first-order valence-electron chi connectivity index (χ1n) is 8.77. The first-order chi connectivity index (χ1) is 14.7. The van der Waals surface area contributed by atoms with E-state index in [1.54, 1.807) is 25.1 Å². The van der Waals surface area contributed by atoms with Gasteiger partial charge in [0.1, 0.15) is 10.8 Å². The van der Waals surface area contributed by atoms with Gasteiger partial charge in [0.2, 0.25) is 0 Å². The van der Waals surface area contributed by atoms with E-state index in [9.17, 15) is 18.8 Å². The normalized spacial score (nSPS) is 10.5. The average molecular weight is 481 g/mol. The van der Waals surface area contributed by atoms with Crippen LogP contribution >= 0.6 is 34.5 Å². The molecule has 0 fully saturated rings. The summed E-state index contributed by atoms with van der Waals surface area (Å²) < 4.78 is 17.9. The zero-order valence-corrected chi connectivity index (χ0v) is 18.5. The fourth-order valence-electron chi connectivity index (χ4n) is 2.72. The quantitative estimate of drug-likeness (QED) is 0.452. The summed E-state index contributed by atoms with van der Waals surface area (Å²) in [5, 5.41) is 5.80. The van der Waals surface area contributed by atoms with Gasteiger partial charge in [-0.25, -0.2) is 9.18 Å². The van der Waals surface area contributed by atoms with Crippen molar-refractivity contribution in [2.45, 2.75) is 6.92 Å². The monoisotopic (exact) mass is 480 g/mol. The Kier molecular flexibility index (Phi) is 6.94. The predicted molar refractivity (Wildman–Crippen MR) is 119 cm³/mol. The Balaban J connectivity index is 1.95. The van der Waals surface area contributed by atoms with Gasteiger partial charge in [-0.1, -0.05) is 29.3 Å². The third kappa shape index (κ3) is 4.87. The molecule has 2 amide bonds. The van der Waals surface area contributed by atoms with E-state index in [-0.39, 0.29) is 31.1 Å². The number of carbonyl (C=O) groups is 3. The zero-order valence-electron chi connectivity index (χ0n) is 16.2. The van der Waals surface area contributed by atoms with Crippen molar-refractivity contribution < 1.29 is 23.5 Å². The van der Waals surface area contributed by atoms with Gasteiger partial charge in [0, 0.05) is 5.56 Å². The molecule has 0 aliphatic rings. The molecule has 0 radical (unpaired) electrons. The molecule has 31 heavy (non-hydrogen) atoms. The molecule has 1 heterocycles. The van der Waals surface area contributed by atoms with E-state index in [1.807, 2.05) is 0 Å². The molecule has 0 spiro atoms. The van der Waals surface area contributed by atoms with E-state index in [0.717, 1.165) is 23.5 Å². The molecule has 0 saturated carbocycles. The predicted octanol–water partition coefficient (Wildman–Crippen LogP) is 5.79. The molecule has 3 rings (SSSR count). The summed E-state index contributed by atoms with van der Waals surface area (Å²) in [7, 11) is 1.19. The van der Waals surface area contributed by atoms with Crippen LogP contribution in [0.15, 0.2) is 42.5 Å². The van der Waals surface area contributed by atoms with Gasteiger partial charge in [-0.05, 0) is 48.9 Å². The Morgan fingerprint density at radius 2 is 1.68 bits per heavy atom. The van der Waals surface area contributed by atoms with Crippen LogP contribution in [-0.2, 0) is 4.74 Å². The maximum absolute atomic E-state index is 13.1. The van der Waals surface area contributed by atoms with E-state index in [4.69, 9.17) is 27.9 Å². The lowest BCUT2D eigenvalue weighted by atomic mass is 10.1. The van der Waals surface area contributed by atoms with Gasteiger partial charge in [-0.3, -0.25) is 9.59 Å². The molecule has 2 N–H and O–H groups in total. The molecule has 0 saturated heterocycles. The van der Waals surface area contributed by atoms with Gasteiger partial charge in [0.15, 0.2) is 0 Å². The summed E-state index contributed by atoms with van der Waals surface area (Å²) in [6.07, 6.45) is 0. The van der Waals surface area contributed by atoms with E-state index >= 15 is 0 Å². The van der Waals surface area contributed by atoms with Gasteiger partial charge in [-0.2, -0.15) is 0 Å². The topological polar surface area (TPSA) is 84.5 Å². The molecule has 3 aromatic rings. The minimum absolute atomic E-state index is 0.0466. The highest BCUT2D eigenvalue weighted by Crippen LogP contribution is 2.36. The highest BCUT2D eigenvalue weighted by Gasteiger charge is 2.27. The molecule has 2 aromatic carbocycles. The van der Waals surface area contributed by atoms with E-state index in [0.29, 0.717) is 11.3 Å². The Labute approximate surface area is 190 Å². The average Bonchev–Trinajstić information content (AvgIpc) is 3.07. The van der Waals surface area contributed by atoms with Crippen molar-refractivity contribution in [3.8, 4) is 0 Å². The number of benzene rings is 2. The van der Waals surface area contributed by atoms with E-state index < -0.39 is 23.6 Å². The van der Waals surface area contributed by atoms with Crippen molar-refractivity contribution >= 4 is 63.0 Å². The van der Waals surface area contributed by atoms with Gasteiger partial charge < -0.3 is 15.4 Å². The van der Waals surface area contributed by atoms with E-state index in [2.05, 4.69) is 10.6 Å². The first-order valence-corrected chi connectivity index (χ1v) is 10.3. The minimum Gasteiger partial charge on any atom is -0.465 e. The molecule has 0 bridgehead atoms. The molecule has 0 aliphatic heterocycles. The number of anilines is 2. The van der Waals surface area contributed by atoms with Crippen molar-refractivity contribution in [2.75, 3.05) is 17.7 Å². The second kappa shape index (κ2) is 9.47. The number of methoxy groups -OCH3 is 1. The van der Waals surface area contributed by atoms with Crippen molar-refractivity contribution in [1.82, 2.24) is 0 Å². The van der Waals surface area contributed by atoms with Gasteiger partial charge >= 0.3 is 5.97 Å². The van der Waals surface area contributed by atoms with Gasteiger partial charge in [-0.15, -0.1) is 11.3 Å². The Bertz CT molecular complexity index is 1180. The highest BCUT2D eigenvalue weighted by atomic mass is 35.5. The maximum atomic E-state index is 13.1. The number of amides is 2. The summed E-state index contributed by atoms with van der Waals surface area (Å²) in [6.45, 7) is 1.56. The lowest BCUT2D eigenvalue weighted by molar-refractivity contribution is 0.0601. The number of hydrogen-bond donors (Lipinski definition) is 2. The number of carbonyl (C=O) groups excluding carboxylic acids is 3. The summed E-state index contributed by atoms with van der Waals surface area (Å²) in [6, 6.07) is 9.67. The maximum Gasteiger partial charge on any atom is 0.341 e. The molecule has 0 unspecified atom stereocenters. The molecule has 10 heteroatoms. The fourth-order valence-corrected chi connectivity index (χ4v) is 4.15. The van der Waals surface area contributed by atoms with Crippen LogP contribution in [0, 0.1) is 12.7 Å². The Morgan fingerprint density at radius 3 is 2.32 bits per heavy atom. The van der Waals surface area contributed by atoms with Crippen LogP contribution in [0.4, 0.5) is 15.1 Å². The number of esters is 1. The number of ether oxygens (including phenoxy) is 1. The van der Waals surface area contributed by atoms with Crippen molar-refractivity contribution in [1.29, 1.82) is 0 Å². The van der Waals surface area contributed by atoms with Gasteiger partial charge in [0.05, 0.1) is 33.3 Å². The number of rotatable bonds is 5. The zero-order chi connectivity index (χ0) is 22.7. The van der Waals surface area contributed by atoms with Crippen LogP contribution < -0.4 is 10.6 Å². The standard InChI is InChI=1S/C21H15Cl2FN2O4S/c1-10-15(21(29)30-2)20(26-18(27)11-6-8-12(24)9-7-11)31-17(10)19(28)25-14-5-3-4-13(22)16(14)23/h3-9H,1-2H3,(H,25,28)(H,26,27). The number of hydrogen-bond acceptors (Lipinski definition) is 5. The second-order valence-corrected chi connectivity index (χ2v) is 8.07. The lowest BCUT2D eigenvalue weighted by Gasteiger charge is -2.07. The molecule has 6 nitrogen and oxygen atoms in total. The SMILES string of the molecule is COC(=O)c1c(NC(=O)c2ccc(F)cc2)sc(C(=O)Nc2cccc(Cl)c2Cl)c1C. The Hall–Kier alpha value is -2.94. The van der Waals surface area contributed by atoms with E-state index in [1.165, 1.54) is 19.2 Å². The molecule has 0 aliphatic carbocycles. The summed E-state index contributed by atoms with van der Waals surface area (Å²) in [4.78, 5) is 37.9. The molecular weight excluding hydrogens is 466 g/mol. The van der Waals surface area contributed by atoms with Crippen LogP contribution in [0.1, 0.15) is 36.0 Å². The highest BCUT2D eigenvalue weighted by molar-refractivity contribution is 7.19. The van der Waals surface area contributed by atoms with Crippen LogP contribution in [-0.4, -0.2) is 24.9 Å². The first kappa shape index (κ1) is 22.7. The van der Waals surface area contributed by atoms with Crippen LogP contribution in [0.2, 0.25) is 10.0 Å². The largest absolute Gasteiger partial charge is 0.465 e.